The molecule has 0 aliphatic rings. The third-order valence-electron chi connectivity index (χ3n) is 5.62. The molecule has 37 heavy (non-hydrogen) atoms. The van der Waals surface area contributed by atoms with Crippen molar-refractivity contribution in [2.75, 3.05) is 5.32 Å². The van der Waals surface area contributed by atoms with Gasteiger partial charge in [0.25, 0.3) is 5.91 Å². The van der Waals surface area contributed by atoms with Crippen molar-refractivity contribution in [1.82, 2.24) is 9.55 Å². The van der Waals surface area contributed by atoms with Crippen LogP contribution < -0.4 is 5.32 Å². The van der Waals surface area contributed by atoms with Gasteiger partial charge >= 0.3 is 18.3 Å². The van der Waals surface area contributed by atoms with E-state index < -0.39 is 47.0 Å². The zero-order valence-corrected chi connectivity index (χ0v) is 18.6. The molecule has 0 spiro atoms. The highest BCUT2D eigenvalue weighted by atomic mass is 19.4. The van der Waals surface area contributed by atoms with Crippen molar-refractivity contribution in [3.8, 4) is 0 Å². The predicted octanol–water partition coefficient (Wildman–Crippen LogP) is 6.39. The van der Waals surface area contributed by atoms with E-state index in [1.54, 1.807) is 34.9 Å². The smallest absolute Gasteiger partial charge is 0.417 e. The molecule has 0 radical (unpaired) electrons. The number of fused-ring (bicyclic) bond motifs is 1. The fourth-order valence-corrected chi connectivity index (χ4v) is 3.93. The first-order valence-corrected chi connectivity index (χ1v) is 10.7. The van der Waals surface area contributed by atoms with Crippen LogP contribution in [0, 0.1) is 0 Å². The molecule has 6 nitrogen and oxygen atoms in total. The highest BCUT2D eigenvalue weighted by molar-refractivity contribution is 6.06. The van der Waals surface area contributed by atoms with Crippen LogP contribution in [0.1, 0.15) is 39.5 Å². The first-order valence-electron chi connectivity index (χ1n) is 10.7. The van der Waals surface area contributed by atoms with Crippen molar-refractivity contribution in [3.63, 3.8) is 0 Å². The fourth-order valence-electron chi connectivity index (χ4n) is 3.93. The number of aliphatic carboxylic acids is 1. The second-order valence-corrected chi connectivity index (χ2v) is 8.09. The molecule has 4 rings (SSSR count). The van der Waals surface area contributed by atoms with Gasteiger partial charge in [-0.25, -0.2) is 4.98 Å². The predicted molar refractivity (Wildman–Crippen MR) is 121 cm³/mol. The first kappa shape index (κ1) is 25.7. The zero-order valence-electron chi connectivity index (χ0n) is 18.6. The minimum atomic E-state index is -5.20. The number of benzene rings is 3. The van der Waals surface area contributed by atoms with Gasteiger partial charge in [0.15, 0.2) is 0 Å². The van der Waals surface area contributed by atoms with Crippen molar-refractivity contribution in [2.24, 2.45) is 0 Å². The van der Waals surface area contributed by atoms with E-state index in [1.807, 2.05) is 0 Å². The number of amides is 1. The molecule has 1 atom stereocenters. The number of carbonyl (C=O) groups is 2. The van der Waals surface area contributed by atoms with Crippen molar-refractivity contribution in [1.29, 1.82) is 0 Å². The second-order valence-electron chi connectivity index (χ2n) is 8.09. The molecule has 3 aromatic carbocycles. The maximum atomic E-state index is 13.4. The number of halogens is 6. The van der Waals surface area contributed by atoms with Gasteiger partial charge < -0.3 is 15.0 Å². The Balaban J connectivity index is 1.66. The largest absolute Gasteiger partial charge is 0.481 e. The van der Waals surface area contributed by atoms with Crippen LogP contribution in [0.25, 0.3) is 11.0 Å². The van der Waals surface area contributed by atoms with E-state index in [0.717, 1.165) is 0 Å². The molecule has 0 fully saturated rings. The fraction of sp³-hybridized carbons (Fsp3) is 0.160. The van der Waals surface area contributed by atoms with Crippen LogP contribution in [0.15, 0.2) is 73.1 Å². The molecule has 1 unspecified atom stereocenters. The zero-order chi connectivity index (χ0) is 27.0. The van der Waals surface area contributed by atoms with E-state index in [-0.39, 0.29) is 18.2 Å². The molecule has 1 amide bonds. The Bertz CT molecular complexity index is 1460. The van der Waals surface area contributed by atoms with Gasteiger partial charge in [-0.1, -0.05) is 30.3 Å². The summed E-state index contributed by atoms with van der Waals surface area (Å²) in [6.45, 7) is 0. The molecule has 12 heteroatoms. The summed E-state index contributed by atoms with van der Waals surface area (Å²) in [5.41, 5.74) is -2.65. The number of carbonyl (C=O) groups excluding carboxylic acids is 1. The SMILES string of the molecule is O=C(O)CC(c1ccccc1)n1cnc2cc(NC(=O)c3ccc(C(F)(F)F)cc3C(F)(F)F)ccc21. The van der Waals surface area contributed by atoms with Gasteiger partial charge in [0.05, 0.1) is 46.5 Å². The molecule has 0 aliphatic heterocycles. The Morgan fingerprint density at radius 2 is 1.62 bits per heavy atom. The number of aromatic nitrogens is 2. The number of alkyl halides is 6. The van der Waals surface area contributed by atoms with Crippen molar-refractivity contribution >= 4 is 28.6 Å². The van der Waals surface area contributed by atoms with E-state index in [9.17, 15) is 41.0 Å². The van der Waals surface area contributed by atoms with Crippen molar-refractivity contribution < 1.29 is 41.0 Å². The number of hydrogen-bond acceptors (Lipinski definition) is 3. The number of carboxylic acids is 1. The lowest BCUT2D eigenvalue weighted by atomic mass is 10.0. The average Bonchev–Trinajstić information content (AvgIpc) is 3.24. The minimum Gasteiger partial charge on any atom is -0.481 e. The first-order chi connectivity index (χ1) is 17.3. The molecule has 192 valence electrons. The molecule has 0 aliphatic carbocycles. The van der Waals surface area contributed by atoms with Gasteiger partial charge in [-0.05, 0) is 42.0 Å². The summed E-state index contributed by atoms with van der Waals surface area (Å²) in [4.78, 5) is 28.3. The summed E-state index contributed by atoms with van der Waals surface area (Å²) in [5.74, 6) is -2.30. The number of nitrogens with zero attached hydrogens (tertiary/aromatic N) is 2. The van der Waals surface area contributed by atoms with Crippen LogP contribution in [-0.2, 0) is 17.1 Å². The van der Waals surface area contributed by atoms with Gasteiger partial charge in [-0.3, -0.25) is 9.59 Å². The van der Waals surface area contributed by atoms with Gasteiger partial charge in [0, 0.05) is 5.69 Å². The Hall–Kier alpha value is -4.35. The lowest BCUT2D eigenvalue weighted by Crippen LogP contribution is -2.20. The second kappa shape index (κ2) is 9.60. The lowest BCUT2D eigenvalue weighted by molar-refractivity contribution is -0.143. The quantitative estimate of drug-likeness (QED) is 0.288. The van der Waals surface area contributed by atoms with Crippen LogP contribution in [0.2, 0.25) is 0 Å². The summed E-state index contributed by atoms with van der Waals surface area (Å²) in [6, 6.07) is 13.2. The van der Waals surface area contributed by atoms with Crippen LogP contribution in [0.4, 0.5) is 32.0 Å². The summed E-state index contributed by atoms with van der Waals surface area (Å²) < 4.78 is 80.7. The van der Waals surface area contributed by atoms with Crippen LogP contribution >= 0.6 is 0 Å². The summed E-state index contributed by atoms with van der Waals surface area (Å²) in [7, 11) is 0. The van der Waals surface area contributed by atoms with Gasteiger partial charge in [-0.2, -0.15) is 26.3 Å². The van der Waals surface area contributed by atoms with Crippen molar-refractivity contribution in [2.45, 2.75) is 24.8 Å². The molecule has 0 saturated carbocycles. The number of imidazole rings is 1. The van der Waals surface area contributed by atoms with Crippen LogP contribution in [0.3, 0.4) is 0 Å². The summed E-state index contributed by atoms with van der Waals surface area (Å²) in [5, 5.41) is 11.6. The normalized spacial score (nSPS) is 12.9. The Morgan fingerprint density at radius 3 is 2.24 bits per heavy atom. The van der Waals surface area contributed by atoms with E-state index in [2.05, 4.69) is 10.3 Å². The Morgan fingerprint density at radius 1 is 0.919 bits per heavy atom. The molecular formula is C25H17F6N3O3. The van der Waals surface area contributed by atoms with Crippen molar-refractivity contribution in [3.05, 3.63) is 95.3 Å². The number of carboxylic acid groups (broad SMARTS) is 1. The minimum absolute atomic E-state index is 0.0465. The van der Waals surface area contributed by atoms with Crippen LogP contribution in [-0.4, -0.2) is 26.5 Å². The van der Waals surface area contributed by atoms with Gasteiger partial charge in [0.2, 0.25) is 0 Å². The standard InChI is InChI=1S/C25H17F6N3O3/c26-24(27,28)15-6-8-17(18(10-15)25(29,30)31)23(37)33-16-7-9-20-19(11-16)32-13-34(20)21(12-22(35)36)14-4-2-1-3-5-14/h1-11,13,21H,12H2,(H,33,37)(H,35,36). The monoisotopic (exact) mass is 521 g/mol. The molecule has 2 N–H and O–H groups in total. The van der Waals surface area contributed by atoms with Crippen LogP contribution in [0.5, 0.6) is 0 Å². The maximum Gasteiger partial charge on any atom is 0.417 e. The van der Waals surface area contributed by atoms with E-state index >= 15 is 0 Å². The summed E-state index contributed by atoms with van der Waals surface area (Å²) >= 11 is 0. The van der Waals surface area contributed by atoms with Gasteiger partial charge in [0.1, 0.15) is 0 Å². The van der Waals surface area contributed by atoms with E-state index in [4.69, 9.17) is 0 Å². The molecule has 1 heterocycles. The average molecular weight is 521 g/mol. The number of hydrogen-bond donors (Lipinski definition) is 2. The molecule has 4 aromatic rings. The molecule has 0 bridgehead atoms. The molecule has 1 aromatic heterocycles. The Kier molecular flexibility index (Phi) is 6.68. The molecule has 0 saturated heterocycles. The molecular weight excluding hydrogens is 504 g/mol. The number of rotatable bonds is 6. The number of nitrogens with one attached hydrogen (secondary N) is 1. The highest BCUT2D eigenvalue weighted by Gasteiger charge is 2.39. The summed E-state index contributed by atoms with van der Waals surface area (Å²) in [6.07, 6.45) is -9.05. The lowest BCUT2D eigenvalue weighted by Gasteiger charge is -2.18. The topological polar surface area (TPSA) is 84.2 Å². The third-order valence-corrected chi connectivity index (χ3v) is 5.62. The third kappa shape index (κ3) is 5.57. The van der Waals surface area contributed by atoms with E-state index in [0.29, 0.717) is 28.7 Å². The Labute approximate surface area is 205 Å². The van der Waals surface area contributed by atoms with E-state index in [1.165, 1.54) is 24.5 Å². The van der Waals surface area contributed by atoms with Gasteiger partial charge in [-0.15, -0.1) is 0 Å². The highest BCUT2D eigenvalue weighted by Crippen LogP contribution is 2.37. The maximum absolute atomic E-state index is 13.4. The number of anilines is 1.